The van der Waals surface area contributed by atoms with Gasteiger partial charge in [0.15, 0.2) is 5.78 Å². The molecule has 2 aromatic carbocycles. The summed E-state index contributed by atoms with van der Waals surface area (Å²) in [6.07, 6.45) is 4.75. The largest absolute Gasteiger partial charge is 0.300 e. The third-order valence-electron chi connectivity index (χ3n) is 6.10. The molecule has 2 bridgehead atoms. The first-order valence-electron chi connectivity index (χ1n) is 9.12. The summed E-state index contributed by atoms with van der Waals surface area (Å²) in [7, 11) is 2.22. The van der Waals surface area contributed by atoms with E-state index in [0.29, 0.717) is 23.8 Å². The van der Waals surface area contributed by atoms with Crippen LogP contribution in [0.2, 0.25) is 0 Å². The molecule has 0 unspecified atom stereocenters. The second-order valence-corrected chi connectivity index (χ2v) is 7.33. The lowest BCUT2D eigenvalue weighted by molar-refractivity contribution is 0.0123. The van der Waals surface area contributed by atoms with Gasteiger partial charge in [-0.25, -0.2) is 0 Å². The first-order chi connectivity index (χ1) is 11.8. The third kappa shape index (κ3) is 2.69. The second-order valence-electron chi connectivity index (χ2n) is 7.33. The Bertz CT molecular complexity index is 696. The Labute approximate surface area is 144 Å². The number of Topliss-reactive ketones (excluding diaryl/α,β-unsaturated/α-hetero) is 1. The minimum Gasteiger partial charge on any atom is -0.300 e. The van der Waals surface area contributed by atoms with Gasteiger partial charge in [-0.05, 0) is 37.8 Å². The molecule has 0 radical (unpaired) electrons. The first-order valence-corrected chi connectivity index (χ1v) is 9.12. The topological polar surface area (TPSA) is 20.3 Å². The molecular formula is C22H25NO. The van der Waals surface area contributed by atoms with Crippen LogP contribution < -0.4 is 0 Å². The predicted octanol–water partition coefficient (Wildman–Crippen LogP) is 4.53. The molecule has 2 nitrogen and oxygen atoms in total. The van der Waals surface area contributed by atoms with Gasteiger partial charge in [0.2, 0.25) is 0 Å². The standard InChI is InChI=1S/C22H25NO/c1-23-18-13-8-14-20(23)21(22(24)17-11-6-3-7-12-17)19(15-18)16-9-4-2-5-10-16/h2-7,9-12,18-21H,8,13-15H2,1H3/t18-,19+,20+,21+/m0/s1. The summed E-state index contributed by atoms with van der Waals surface area (Å²) in [5.74, 6) is 0.725. The van der Waals surface area contributed by atoms with Crippen LogP contribution in [0.4, 0.5) is 0 Å². The van der Waals surface area contributed by atoms with Crippen molar-refractivity contribution in [2.75, 3.05) is 7.05 Å². The number of carbonyl (C=O) groups excluding carboxylic acids is 1. The molecule has 0 saturated carbocycles. The number of benzene rings is 2. The Morgan fingerprint density at radius 2 is 1.62 bits per heavy atom. The van der Waals surface area contributed by atoms with Gasteiger partial charge in [-0.2, -0.15) is 0 Å². The van der Waals surface area contributed by atoms with Crippen molar-refractivity contribution in [2.45, 2.75) is 43.7 Å². The summed E-state index contributed by atoms with van der Waals surface area (Å²) in [6, 6.07) is 21.5. The summed E-state index contributed by atoms with van der Waals surface area (Å²) >= 11 is 0. The number of ketones is 1. The Hall–Kier alpha value is -1.93. The molecule has 2 aliphatic heterocycles. The van der Waals surface area contributed by atoms with E-state index in [-0.39, 0.29) is 5.92 Å². The van der Waals surface area contributed by atoms with Gasteiger partial charge in [0.25, 0.3) is 0 Å². The van der Waals surface area contributed by atoms with E-state index in [2.05, 4.69) is 42.3 Å². The highest BCUT2D eigenvalue weighted by Crippen LogP contribution is 2.45. The summed E-state index contributed by atoms with van der Waals surface area (Å²) in [4.78, 5) is 15.9. The van der Waals surface area contributed by atoms with Crippen LogP contribution in [0.15, 0.2) is 60.7 Å². The minimum absolute atomic E-state index is 0.0661. The predicted molar refractivity (Wildman–Crippen MR) is 97.3 cm³/mol. The van der Waals surface area contributed by atoms with E-state index in [1.165, 1.54) is 18.4 Å². The number of hydrogen-bond donors (Lipinski definition) is 0. The summed E-state index contributed by atoms with van der Waals surface area (Å²) < 4.78 is 0. The molecule has 2 heteroatoms. The van der Waals surface area contributed by atoms with E-state index >= 15 is 0 Å². The van der Waals surface area contributed by atoms with Crippen LogP contribution in [-0.2, 0) is 0 Å². The number of fused-ring (bicyclic) bond motifs is 2. The van der Waals surface area contributed by atoms with Gasteiger partial charge in [-0.3, -0.25) is 9.69 Å². The Kier molecular flexibility index (Phi) is 4.24. The van der Waals surface area contributed by atoms with Crippen LogP contribution in [0.5, 0.6) is 0 Å². The minimum atomic E-state index is 0.0661. The van der Waals surface area contributed by atoms with Gasteiger partial charge in [0.05, 0.1) is 0 Å². The van der Waals surface area contributed by atoms with Crippen LogP contribution >= 0.6 is 0 Å². The highest BCUT2D eigenvalue weighted by Gasteiger charge is 2.46. The molecule has 2 aromatic rings. The normalized spacial score (nSPS) is 30.0. The Balaban J connectivity index is 1.74. The Morgan fingerprint density at radius 1 is 0.958 bits per heavy atom. The number of rotatable bonds is 3. The molecule has 2 aliphatic rings. The third-order valence-corrected chi connectivity index (χ3v) is 6.10. The molecular weight excluding hydrogens is 294 g/mol. The van der Waals surface area contributed by atoms with Crippen LogP contribution in [0, 0.1) is 5.92 Å². The zero-order valence-corrected chi connectivity index (χ0v) is 14.3. The van der Waals surface area contributed by atoms with Gasteiger partial charge in [-0.1, -0.05) is 67.1 Å². The number of nitrogens with zero attached hydrogens (tertiary/aromatic N) is 1. The van der Waals surface area contributed by atoms with Gasteiger partial charge < -0.3 is 0 Å². The van der Waals surface area contributed by atoms with E-state index in [1.807, 2.05) is 30.3 Å². The second kappa shape index (κ2) is 6.52. The quantitative estimate of drug-likeness (QED) is 0.775. The Morgan fingerprint density at radius 3 is 2.33 bits per heavy atom. The van der Waals surface area contributed by atoms with Crippen LogP contribution in [0.1, 0.15) is 47.5 Å². The maximum atomic E-state index is 13.4. The number of hydrogen-bond acceptors (Lipinski definition) is 2. The van der Waals surface area contributed by atoms with Gasteiger partial charge in [0.1, 0.15) is 0 Å². The molecule has 2 saturated heterocycles. The monoisotopic (exact) mass is 319 g/mol. The van der Waals surface area contributed by atoms with Crippen LogP contribution in [-0.4, -0.2) is 29.8 Å². The molecule has 2 heterocycles. The van der Waals surface area contributed by atoms with Crippen LogP contribution in [0.25, 0.3) is 0 Å². The van der Waals surface area contributed by atoms with Crippen molar-refractivity contribution in [3.8, 4) is 0 Å². The molecule has 0 spiro atoms. The smallest absolute Gasteiger partial charge is 0.168 e. The molecule has 2 fully saturated rings. The lowest BCUT2D eigenvalue weighted by Gasteiger charge is -2.51. The molecule has 4 atom stereocenters. The maximum absolute atomic E-state index is 13.4. The molecule has 124 valence electrons. The molecule has 0 aliphatic carbocycles. The van der Waals surface area contributed by atoms with Crippen molar-refractivity contribution in [1.29, 1.82) is 0 Å². The molecule has 0 aromatic heterocycles. The summed E-state index contributed by atoms with van der Waals surface area (Å²) in [5, 5.41) is 0. The van der Waals surface area contributed by atoms with Gasteiger partial charge in [-0.15, -0.1) is 0 Å². The maximum Gasteiger partial charge on any atom is 0.168 e. The van der Waals surface area contributed by atoms with Crippen LogP contribution in [0.3, 0.4) is 0 Å². The van der Waals surface area contributed by atoms with E-state index < -0.39 is 0 Å². The number of carbonyl (C=O) groups is 1. The van der Waals surface area contributed by atoms with Crippen molar-refractivity contribution in [3.63, 3.8) is 0 Å². The van der Waals surface area contributed by atoms with E-state index in [9.17, 15) is 4.79 Å². The van der Waals surface area contributed by atoms with Crippen molar-refractivity contribution in [1.82, 2.24) is 4.90 Å². The SMILES string of the molecule is CN1[C@H]2CCC[C@@H]1[C@H](C(=O)c1ccccc1)[C@@H](c1ccccc1)C2. The van der Waals surface area contributed by atoms with Crippen molar-refractivity contribution >= 4 is 5.78 Å². The van der Waals surface area contributed by atoms with Gasteiger partial charge >= 0.3 is 0 Å². The van der Waals surface area contributed by atoms with E-state index in [1.54, 1.807) is 0 Å². The average molecular weight is 319 g/mol. The highest BCUT2D eigenvalue weighted by atomic mass is 16.1. The average Bonchev–Trinajstić information content (AvgIpc) is 2.63. The van der Waals surface area contributed by atoms with Gasteiger partial charge in [0, 0.05) is 23.6 Å². The zero-order chi connectivity index (χ0) is 16.5. The van der Waals surface area contributed by atoms with Crippen molar-refractivity contribution < 1.29 is 4.79 Å². The molecule has 0 N–H and O–H groups in total. The number of piperidine rings is 2. The fraction of sp³-hybridized carbons (Fsp3) is 0.409. The summed E-state index contributed by atoms with van der Waals surface area (Å²) in [6.45, 7) is 0. The fourth-order valence-corrected chi connectivity index (χ4v) is 4.86. The molecule has 24 heavy (non-hydrogen) atoms. The molecule has 0 amide bonds. The summed E-state index contributed by atoms with van der Waals surface area (Å²) in [5.41, 5.74) is 2.19. The highest BCUT2D eigenvalue weighted by molar-refractivity contribution is 5.99. The molecule has 4 rings (SSSR count). The van der Waals surface area contributed by atoms with Crippen molar-refractivity contribution in [2.24, 2.45) is 5.92 Å². The zero-order valence-electron chi connectivity index (χ0n) is 14.3. The lowest BCUT2D eigenvalue weighted by Crippen LogP contribution is -2.56. The lowest BCUT2D eigenvalue weighted by atomic mass is 9.66. The van der Waals surface area contributed by atoms with E-state index in [0.717, 1.165) is 18.4 Å². The fourth-order valence-electron chi connectivity index (χ4n) is 4.86. The van der Waals surface area contributed by atoms with E-state index in [4.69, 9.17) is 0 Å². The first kappa shape index (κ1) is 15.6. The van der Waals surface area contributed by atoms with Crippen molar-refractivity contribution in [3.05, 3.63) is 71.8 Å².